The molecule has 0 spiro atoms. The van der Waals surface area contributed by atoms with Gasteiger partial charge in [0.25, 0.3) is 5.69 Å². The Morgan fingerprint density at radius 2 is 2.14 bits per heavy atom. The van der Waals surface area contributed by atoms with Crippen molar-refractivity contribution >= 4 is 21.4 Å². The number of anilines is 1. The smallest absolute Gasteiger partial charge is 0.293 e. The summed E-state index contributed by atoms with van der Waals surface area (Å²) in [6.45, 7) is 1.12. The number of nitro groups is 1. The lowest BCUT2D eigenvalue weighted by Gasteiger charge is -2.32. The predicted molar refractivity (Wildman–Crippen MR) is 73.4 cm³/mol. The fourth-order valence-corrected chi connectivity index (χ4v) is 2.51. The van der Waals surface area contributed by atoms with Crippen molar-refractivity contribution < 1.29 is 22.8 Å². The third kappa shape index (κ3) is 3.47. The summed E-state index contributed by atoms with van der Waals surface area (Å²) in [7, 11) is -2.40. The first-order valence-electron chi connectivity index (χ1n) is 6.04. The van der Waals surface area contributed by atoms with Crippen LogP contribution in [0.3, 0.4) is 0 Å². The van der Waals surface area contributed by atoms with Crippen molar-refractivity contribution in [2.24, 2.45) is 5.14 Å². The fraction of sp³-hybridized carbons (Fsp3) is 0.455. The second-order valence-corrected chi connectivity index (χ2v) is 6.03. The molecule has 0 unspecified atom stereocenters. The molecule has 2 N–H and O–H groups in total. The Labute approximate surface area is 121 Å². The molecule has 1 heterocycles. The third-order valence-electron chi connectivity index (χ3n) is 3.08. The Bertz CT molecular complexity index is 641. The molecule has 1 aliphatic rings. The number of ether oxygens (including phenoxy) is 2. The highest BCUT2D eigenvalue weighted by Crippen LogP contribution is 2.31. The normalized spacial score (nSPS) is 19.2. The van der Waals surface area contributed by atoms with E-state index in [9.17, 15) is 18.5 Å². The number of sulfonamides is 1. The van der Waals surface area contributed by atoms with Crippen LogP contribution in [0.15, 0.2) is 23.1 Å². The number of nitrogens with two attached hydrogens (primary N) is 1. The molecule has 1 aromatic rings. The number of rotatable bonds is 4. The Morgan fingerprint density at radius 3 is 2.67 bits per heavy atom. The molecule has 1 aliphatic heterocycles. The van der Waals surface area contributed by atoms with Gasteiger partial charge in [-0.2, -0.15) is 0 Å². The van der Waals surface area contributed by atoms with Crippen molar-refractivity contribution in [3.05, 3.63) is 28.3 Å². The first-order chi connectivity index (χ1) is 9.80. The summed E-state index contributed by atoms with van der Waals surface area (Å²) < 4.78 is 33.3. The molecule has 1 saturated heterocycles. The molecule has 1 aromatic carbocycles. The summed E-state index contributed by atoms with van der Waals surface area (Å²) in [4.78, 5) is 11.7. The number of hydrogen-bond acceptors (Lipinski definition) is 7. The van der Waals surface area contributed by atoms with Crippen LogP contribution in [0.4, 0.5) is 11.4 Å². The van der Waals surface area contributed by atoms with Gasteiger partial charge >= 0.3 is 0 Å². The Morgan fingerprint density at radius 1 is 1.43 bits per heavy atom. The molecule has 0 aromatic heterocycles. The van der Waals surface area contributed by atoms with E-state index in [2.05, 4.69) is 0 Å². The molecule has 1 fully saturated rings. The first kappa shape index (κ1) is 15.6. The van der Waals surface area contributed by atoms with Gasteiger partial charge in [-0.15, -0.1) is 0 Å². The summed E-state index contributed by atoms with van der Waals surface area (Å²) in [6.07, 6.45) is -0.474. The van der Waals surface area contributed by atoms with E-state index in [1.165, 1.54) is 17.0 Å². The van der Waals surface area contributed by atoms with Crippen molar-refractivity contribution in [2.75, 3.05) is 31.8 Å². The summed E-state index contributed by atoms with van der Waals surface area (Å²) >= 11 is 0. The molecule has 1 atom stereocenters. The number of likely N-dealkylation sites (N-methyl/N-ethyl adjacent to an activating group) is 1. The van der Waals surface area contributed by atoms with Crippen LogP contribution in [0.5, 0.6) is 0 Å². The minimum atomic E-state index is -4.01. The Hall–Kier alpha value is -1.75. The van der Waals surface area contributed by atoms with Crippen molar-refractivity contribution in [1.82, 2.24) is 0 Å². The molecule has 21 heavy (non-hydrogen) atoms. The van der Waals surface area contributed by atoms with Crippen LogP contribution < -0.4 is 10.0 Å². The van der Waals surface area contributed by atoms with Crippen LogP contribution in [0.25, 0.3) is 0 Å². The van der Waals surface area contributed by atoms with E-state index in [-0.39, 0.29) is 22.9 Å². The van der Waals surface area contributed by atoms with E-state index >= 15 is 0 Å². The maximum absolute atomic E-state index is 11.3. The monoisotopic (exact) mass is 317 g/mol. The summed E-state index contributed by atoms with van der Waals surface area (Å²) in [5.41, 5.74) is -0.138. The zero-order valence-electron chi connectivity index (χ0n) is 11.3. The number of primary sulfonamides is 1. The average Bonchev–Trinajstić information content (AvgIpc) is 2.45. The van der Waals surface area contributed by atoms with E-state index in [1.807, 2.05) is 0 Å². The molecule has 0 aliphatic carbocycles. The minimum Gasteiger partial charge on any atom is -0.374 e. The quantitative estimate of drug-likeness (QED) is 0.614. The second-order valence-electron chi connectivity index (χ2n) is 4.46. The van der Waals surface area contributed by atoms with Gasteiger partial charge in [0.2, 0.25) is 10.0 Å². The molecule has 2 rings (SSSR count). The fourth-order valence-electron chi connectivity index (χ4n) is 1.98. The molecule has 10 heteroatoms. The van der Waals surface area contributed by atoms with Crippen LogP contribution in [0.1, 0.15) is 0 Å². The van der Waals surface area contributed by atoms with Crippen molar-refractivity contribution in [3.63, 3.8) is 0 Å². The van der Waals surface area contributed by atoms with Gasteiger partial charge in [0, 0.05) is 13.1 Å². The molecule has 0 radical (unpaired) electrons. The topological polar surface area (TPSA) is 125 Å². The highest BCUT2D eigenvalue weighted by atomic mass is 32.2. The zero-order valence-corrected chi connectivity index (χ0v) is 12.1. The van der Waals surface area contributed by atoms with E-state index in [0.29, 0.717) is 13.2 Å². The van der Waals surface area contributed by atoms with Crippen molar-refractivity contribution in [1.29, 1.82) is 0 Å². The van der Waals surface area contributed by atoms with Crippen LogP contribution in [-0.2, 0) is 19.5 Å². The third-order valence-corrected chi connectivity index (χ3v) is 3.99. The lowest BCUT2D eigenvalue weighted by atomic mass is 10.2. The lowest BCUT2D eigenvalue weighted by molar-refractivity contribution is -0.384. The average molecular weight is 317 g/mol. The standard InChI is InChI=1S/C11H15N3O6S/c1-13(11-7-19-4-5-20-11)9-3-2-8(21(12,17)18)6-10(9)14(15)16/h2-3,6,11H,4-5,7H2,1H3,(H2,12,17,18)/t11-/m0/s1. The van der Waals surface area contributed by atoms with Crippen LogP contribution in [0.2, 0.25) is 0 Å². The van der Waals surface area contributed by atoms with Gasteiger partial charge in [-0.25, -0.2) is 13.6 Å². The van der Waals surface area contributed by atoms with E-state index in [4.69, 9.17) is 14.6 Å². The van der Waals surface area contributed by atoms with Gasteiger partial charge in [0.15, 0.2) is 6.23 Å². The van der Waals surface area contributed by atoms with Gasteiger partial charge in [0.05, 0.1) is 29.6 Å². The lowest BCUT2D eigenvalue weighted by Crippen LogP contribution is -2.42. The molecular formula is C11H15N3O6S. The van der Waals surface area contributed by atoms with E-state index in [1.54, 1.807) is 7.05 Å². The van der Waals surface area contributed by atoms with Gasteiger partial charge in [-0.05, 0) is 12.1 Å². The summed E-state index contributed by atoms with van der Waals surface area (Å²) in [5.74, 6) is 0. The van der Waals surface area contributed by atoms with Crippen LogP contribution in [-0.4, -0.2) is 46.4 Å². The van der Waals surface area contributed by atoms with E-state index in [0.717, 1.165) is 6.07 Å². The zero-order chi connectivity index (χ0) is 15.6. The Kier molecular flexibility index (Phi) is 4.42. The van der Waals surface area contributed by atoms with Crippen LogP contribution in [0, 0.1) is 10.1 Å². The highest BCUT2D eigenvalue weighted by molar-refractivity contribution is 7.89. The van der Waals surface area contributed by atoms with Gasteiger partial charge in [0.1, 0.15) is 5.69 Å². The molecule has 116 valence electrons. The van der Waals surface area contributed by atoms with Gasteiger partial charge in [-0.1, -0.05) is 0 Å². The SMILES string of the molecule is CN(c1ccc(S(N)(=O)=O)cc1[N+](=O)[O-])[C@@H]1COCCO1. The number of nitrogens with zero attached hydrogens (tertiary/aromatic N) is 2. The van der Waals surface area contributed by atoms with Crippen molar-refractivity contribution in [2.45, 2.75) is 11.1 Å². The molecule has 0 saturated carbocycles. The van der Waals surface area contributed by atoms with E-state index < -0.39 is 21.2 Å². The predicted octanol–water partition coefficient (Wildman–Crippen LogP) is 0.0513. The molecular weight excluding hydrogens is 302 g/mol. The first-order valence-corrected chi connectivity index (χ1v) is 7.59. The Balaban J connectivity index is 2.40. The maximum atomic E-state index is 11.3. The summed E-state index contributed by atoms with van der Waals surface area (Å²) in [6, 6.07) is 3.48. The van der Waals surface area contributed by atoms with Crippen molar-refractivity contribution in [3.8, 4) is 0 Å². The largest absolute Gasteiger partial charge is 0.374 e. The summed E-state index contributed by atoms with van der Waals surface area (Å²) in [5, 5.41) is 16.1. The van der Waals surface area contributed by atoms with Gasteiger partial charge in [-0.3, -0.25) is 10.1 Å². The van der Waals surface area contributed by atoms with Crippen LogP contribution >= 0.6 is 0 Å². The number of nitro benzene ring substituents is 1. The highest BCUT2D eigenvalue weighted by Gasteiger charge is 2.27. The van der Waals surface area contributed by atoms with Gasteiger partial charge < -0.3 is 14.4 Å². The molecule has 0 bridgehead atoms. The molecule has 0 amide bonds. The number of hydrogen-bond donors (Lipinski definition) is 1. The second kappa shape index (κ2) is 5.93. The number of benzene rings is 1. The minimum absolute atomic E-state index is 0.225. The maximum Gasteiger partial charge on any atom is 0.293 e. The molecule has 9 nitrogen and oxygen atoms in total.